The highest BCUT2D eigenvalue weighted by atomic mass is 35.5. The number of hydrogen-bond acceptors (Lipinski definition) is 5. The number of hydrogen-bond donors (Lipinski definition) is 2. The van der Waals surface area contributed by atoms with Crippen LogP contribution in [0.4, 0.5) is 18.0 Å². The molecule has 0 spiro atoms. The second kappa shape index (κ2) is 8.21. The Labute approximate surface area is 150 Å². The highest BCUT2D eigenvalue weighted by molar-refractivity contribution is 6.30. The molecule has 0 saturated carbocycles. The Balaban J connectivity index is 3.03. The third-order valence-electron chi connectivity index (χ3n) is 3.04. The molecule has 8 nitrogen and oxygen atoms in total. The first-order chi connectivity index (χ1) is 11.8. The molecule has 0 fully saturated rings. The van der Waals surface area contributed by atoms with Crippen LogP contribution >= 0.6 is 11.6 Å². The molecule has 3 N–H and O–H groups in total. The fraction of sp³-hybridized carbons (Fsp3) is 0.429. The minimum Gasteiger partial charge on any atom is -0.451 e. The molecule has 0 aliphatic carbocycles. The molecule has 0 unspecified atom stereocenters. The van der Waals surface area contributed by atoms with E-state index in [0.717, 1.165) is 0 Å². The van der Waals surface area contributed by atoms with Gasteiger partial charge in [-0.1, -0.05) is 25.4 Å². The minimum atomic E-state index is -4.79. The third-order valence-corrected chi connectivity index (χ3v) is 3.31. The van der Waals surface area contributed by atoms with E-state index in [1.165, 1.54) is 13.8 Å². The van der Waals surface area contributed by atoms with Crippen molar-refractivity contribution < 1.29 is 32.3 Å². The minimum absolute atomic E-state index is 0.406. The van der Waals surface area contributed by atoms with Crippen molar-refractivity contribution in [2.75, 3.05) is 0 Å². The molecule has 0 saturated heterocycles. The maximum Gasteiger partial charge on any atom is 0.417 e. The highest BCUT2D eigenvalue weighted by Gasteiger charge is 2.33. The molecule has 3 amide bonds. The summed E-state index contributed by atoms with van der Waals surface area (Å²) in [6.45, 7) is 2.06. The van der Waals surface area contributed by atoms with Gasteiger partial charge in [0.2, 0.25) is 0 Å². The van der Waals surface area contributed by atoms with Crippen molar-refractivity contribution in [2.24, 2.45) is 11.7 Å². The summed E-state index contributed by atoms with van der Waals surface area (Å²) in [7, 11) is 0. The summed E-state index contributed by atoms with van der Waals surface area (Å²) in [6, 6.07) is -0.735. The molecule has 1 aromatic heterocycles. The lowest BCUT2D eigenvalue weighted by Gasteiger charge is -2.20. The smallest absolute Gasteiger partial charge is 0.417 e. The van der Waals surface area contributed by atoms with E-state index >= 15 is 0 Å². The van der Waals surface area contributed by atoms with Gasteiger partial charge in [0.25, 0.3) is 11.5 Å². The first-order valence-corrected chi connectivity index (χ1v) is 7.47. The standard InChI is InChI=1S/C14H15ClF3N3O5/c1-6(2)10(11(23)20-13(19)25)26-9(22)5-21-4-7(14(16,17)18)3-8(15)12(21)24/h3-4,6,10H,5H2,1-2H3,(H3,19,20,23,25)/t10-/m0/s1. The maximum atomic E-state index is 12.8. The zero-order valence-corrected chi connectivity index (χ0v) is 14.4. The second-order valence-corrected chi connectivity index (χ2v) is 5.92. The molecule has 0 aromatic carbocycles. The van der Waals surface area contributed by atoms with Gasteiger partial charge < -0.3 is 15.0 Å². The van der Waals surface area contributed by atoms with Gasteiger partial charge in [0.15, 0.2) is 6.10 Å². The van der Waals surface area contributed by atoms with E-state index in [0.29, 0.717) is 16.8 Å². The van der Waals surface area contributed by atoms with Crippen LogP contribution < -0.4 is 16.6 Å². The summed E-state index contributed by atoms with van der Waals surface area (Å²) in [5.41, 5.74) is 2.52. The molecule has 1 atom stereocenters. The number of rotatable bonds is 5. The molecule has 12 heteroatoms. The average molecular weight is 398 g/mol. The molecular formula is C14H15ClF3N3O5. The summed E-state index contributed by atoms with van der Waals surface area (Å²) >= 11 is 5.47. The van der Waals surface area contributed by atoms with Crippen molar-refractivity contribution in [1.82, 2.24) is 9.88 Å². The van der Waals surface area contributed by atoms with Crippen LogP contribution in [0.5, 0.6) is 0 Å². The van der Waals surface area contributed by atoms with Gasteiger partial charge in [-0.2, -0.15) is 13.2 Å². The third kappa shape index (κ3) is 5.76. The number of halogens is 4. The number of ether oxygens (including phenoxy) is 1. The number of urea groups is 1. The highest BCUT2D eigenvalue weighted by Crippen LogP contribution is 2.29. The van der Waals surface area contributed by atoms with Crippen LogP contribution in [0.25, 0.3) is 0 Å². The molecule has 1 aromatic rings. The molecule has 0 aliphatic heterocycles. The summed E-state index contributed by atoms with van der Waals surface area (Å²) in [6.07, 6.45) is -5.82. The van der Waals surface area contributed by atoms with Crippen LogP contribution in [0.3, 0.4) is 0 Å². The fourth-order valence-corrected chi connectivity index (χ4v) is 2.10. The molecule has 0 aliphatic rings. The van der Waals surface area contributed by atoms with Gasteiger partial charge in [-0.15, -0.1) is 0 Å². The van der Waals surface area contributed by atoms with Crippen LogP contribution in [0.15, 0.2) is 17.1 Å². The van der Waals surface area contributed by atoms with Gasteiger partial charge in [0.1, 0.15) is 11.6 Å². The van der Waals surface area contributed by atoms with Crippen molar-refractivity contribution in [1.29, 1.82) is 0 Å². The van der Waals surface area contributed by atoms with Gasteiger partial charge in [-0.25, -0.2) is 4.79 Å². The van der Waals surface area contributed by atoms with Crippen LogP contribution in [-0.2, 0) is 27.0 Å². The van der Waals surface area contributed by atoms with Crippen molar-refractivity contribution in [3.05, 3.63) is 33.2 Å². The van der Waals surface area contributed by atoms with Crippen molar-refractivity contribution in [2.45, 2.75) is 32.7 Å². The predicted octanol–water partition coefficient (Wildman–Crippen LogP) is 1.28. The van der Waals surface area contributed by atoms with Crippen LogP contribution in [0.1, 0.15) is 19.4 Å². The molecule has 0 radical (unpaired) electrons. The molecular weight excluding hydrogens is 383 g/mol. The summed E-state index contributed by atoms with van der Waals surface area (Å²) < 4.78 is 43.6. The van der Waals surface area contributed by atoms with E-state index in [-0.39, 0.29) is 0 Å². The van der Waals surface area contributed by atoms with E-state index in [2.05, 4.69) is 0 Å². The molecule has 1 heterocycles. The number of nitrogens with two attached hydrogens (primary N) is 1. The Morgan fingerprint density at radius 3 is 2.38 bits per heavy atom. The lowest BCUT2D eigenvalue weighted by molar-refractivity contribution is -0.159. The Bertz CT molecular complexity index is 776. The van der Waals surface area contributed by atoms with Gasteiger partial charge >= 0.3 is 18.2 Å². The monoisotopic (exact) mass is 397 g/mol. The lowest BCUT2D eigenvalue weighted by Crippen LogP contribution is -2.46. The number of aromatic nitrogens is 1. The number of nitrogens with zero attached hydrogens (tertiary/aromatic N) is 1. The number of carbonyl (C=O) groups excluding carboxylic acids is 3. The first kappa shape index (κ1) is 21.5. The van der Waals surface area contributed by atoms with Gasteiger partial charge in [-0.05, 0) is 12.0 Å². The quantitative estimate of drug-likeness (QED) is 0.725. The van der Waals surface area contributed by atoms with Gasteiger partial charge in [0.05, 0.1) is 5.56 Å². The second-order valence-electron chi connectivity index (χ2n) is 5.52. The van der Waals surface area contributed by atoms with Gasteiger partial charge in [-0.3, -0.25) is 19.7 Å². The van der Waals surface area contributed by atoms with Gasteiger partial charge in [0, 0.05) is 6.20 Å². The predicted molar refractivity (Wildman–Crippen MR) is 83.2 cm³/mol. The number of primary amides is 1. The Morgan fingerprint density at radius 2 is 1.92 bits per heavy atom. The normalized spacial score (nSPS) is 12.6. The molecule has 144 valence electrons. The van der Waals surface area contributed by atoms with Crippen molar-refractivity contribution in [3.63, 3.8) is 0 Å². The maximum absolute atomic E-state index is 12.8. The van der Waals surface area contributed by atoms with E-state index in [9.17, 15) is 32.3 Å². The number of esters is 1. The average Bonchev–Trinajstić information content (AvgIpc) is 2.47. The van der Waals surface area contributed by atoms with Crippen LogP contribution in [0.2, 0.25) is 5.02 Å². The number of carbonyl (C=O) groups is 3. The Kier molecular flexibility index (Phi) is 6.79. The van der Waals surface area contributed by atoms with E-state index in [1.54, 1.807) is 5.32 Å². The topological polar surface area (TPSA) is 120 Å². The number of alkyl halides is 3. The van der Waals surface area contributed by atoms with Crippen LogP contribution in [0, 0.1) is 5.92 Å². The Morgan fingerprint density at radius 1 is 1.35 bits per heavy atom. The zero-order chi connectivity index (χ0) is 20.2. The van der Waals surface area contributed by atoms with Crippen LogP contribution in [-0.4, -0.2) is 28.6 Å². The molecule has 1 rings (SSSR count). The summed E-state index contributed by atoms with van der Waals surface area (Å²) in [5.74, 6) is -2.77. The summed E-state index contributed by atoms with van der Waals surface area (Å²) in [4.78, 5) is 46.2. The molecule has 26 heavy (non-hydrogen) atoms. The zero-order valence-electron chi connectivity index (χ0n) is 13.6. The fourth-order valence-electron chi connectivity index (χ4n) is 1.87. The van der Waals surface area contributed by atoms with E-state index in [1.807, 2.05) is 0 Å². The van der Waals surface area contributed by atoms with E-state index < -0.39 is 58.8 Å². The summed E-state index contributed by atoms with van der Waals surface area (Å²) in [5, 5.41) is 0.991. The number of nitrogens with one attached hydrogen (secondary N) is 1. The number of amides is 3. The number of pyridine rings is 1. The SMILES string of the molecule is CC(C)[C@H](OC(=O)Cn1cc(C(F)(F)F)cc(Cl)c1=O)C(=O)NC(N)=O. The first-order valence-electron chi connectivity index (χ1n) is 7.10. The molecule has 0 bridgehead atoms. The van der Waals surface area contributed by atoms with Crippen molar-refractivity contribution in [3.8, 4) is 0 Å². The number of imide groups is 1. The van der Waals surface area contributed by atoms with E-state index in [4.69, 9.17) is 22.1 Å². The Hall–Kier alpha value is -2.56. The largest absolute Gasteiger partial charge is 0.451 e. The van der Waals surface area contributed by atoms with Crippen molar-refractivity contribution >= 4 is 29.5 Å². The lowest BCUT2D eigenvalue weighted by atomic mass is 10.1.